The molecule has 0 atom stereocenters. The normalized spacial score (nSPS) is 11.3. The van der Waals surface area contributed by atoms with Crippen LogP contribution >= 0.6 is 15.6 Å². The summed E-state index contributed by atoms with van der Waals surface area (Å²) in [6.45, 7) is 0. The van der Waals surface area contributed by atoms with E-state index in [0.717, 1.165) is 0 Å². The SMILES string of the molecule is O=P([O-])([O-])OP(=O)([O-])[O-].[Sr+2].[Zn+2]. The van der Waals surface area contributed by atoms with Gasteiger partial charge in [-0.05, 0) is 0 Å². The van der Waals surface area contributed by atoms with Crippen molar-refractivity contribution < 1.29 is 52.5 Å². The molecule has 0 heterocycles. The zero-order chi connectivity index (χ0) is 7.71. The molecule has 7 nitrogen and oxygen atoms in total. The Hall–Kier alpha value is 2.36. The summed E-state index contributed by atoms with van der Waals surface area (Å²) in [5.74, 6) is 0. The van der Waals surface area contributed by atoms with Gasteiger partial charge in [0.1, 0.15) is 0 Å². The summed E-state index contributed by atoms with van der Waals surface area (Å²) in [5, 5.41) is 0. The van der Waals surface area contributed by atoms with Gasteiger partial charge in [0.25, 0.3) is 0 Å². The van der Waals surface area contributed by atoms with Crippen LogP contribution in [0.1, 0.15) is 0 Å². The van der Waals surface area contributed by atoms with E-state index in [4.69, 9.17) is 0 Å². The molecule has 0 bridgehead atoms. The minimum atomic E-state index is -5.68. The van der Waals surface area contributed by atoms with Crippen molar-refractivity contribution in [2.24, 2.45) is 0 Å². The molecule has 0 rings (SSSR count). The molecule has 0 aromatic heterocycles. The van der Waals surface area contributed by atoms with Crippen molar-refractivity contribution in [3.05, 3.63) is 0 Å². The third-order valence-corrected chi connectivity index (χ3v) is 1.80. The van der Waals surface area contributed by atoms with Crippen molar-refractivity contribution in [3.8, 4) is 0 Å². The molecule has 0 unspecified atom stereocenters. The Morgan fingerprint density at radius 2 is 1.09 bits per heavy atom. The van der Waals surface area contributed by atoms with Crippen molar-refractivity contribution in [1.82, 2.24) is 0 Å². The minimum Gasteiger partial charge on any atom is -0.790 e. The summed E-state index contributed by atoms with van der Waals surface area (Å²) in [6.07, 6.45) is 0. The van der Waals surface area contributed by atoms with Gasteiger partial charge >= 0.3 is 65.0 Å². The molecule has 11 heteroatoms. The second kappa shape index (κ2) is 6.76. The van der Waals surface area contributed by atoms with E-state index in [1.54, 1.807) is 0 Å². The van der Waals surface area contributed by atoms with E-state index in [2.05, 4.69) is 4.31 Å². The summed E-state index contributed by atoms with van der Waals surface area (Å²) >= 11 is 0. The zero-order valence-corrected chi connectivity index (χ0v) is 13.4. The zero-order valence-electron chi connectivity index (χ0n) is 5.17. The molecule has 0 saturated heterocycles. The van der Waals surface area contributed by atoms with E-state index < -0.39 is 15.6 Å². The Morgan fingerprint density at radius 3 is 1.09 bits per heavy atom. The molecular formula is O7P2SrZn. The summed E-state index contributed by atoms with van der Waals surface area (Å²) in [7, 11) is -11.4. The molecule has 11 heavy (non-hydrogen) atoms. The standard InChI is InChI=1S/H4O7P2.Sr.Zn/c1-8(2,3)7-9(4,5)6;;/h(H2,1,2,3)(H2,4,5,6);;/q;2*+2/p-4. The Bertz CT molecular complexity index is 157. The van der Waals surface area contributed by atoms with Crippen LogP contribution in [0.3, 0.4) is 0 Å². The summed E-state index contributed by atoms with van der Waals surface area (Å²) in [6, 6.07) is 0. The molecule has 0 amide bonds. The van der Waals surface area contributed by atoms with Crippen LogP contribution in [0.25, 0.3) is 0 Å². The smallest absolute Gasteiger partial charge is 0.790 e. The fourth-order valence-electron chi connectivity index (χ4n) is 0.122. The molecular weight excluding hydrogens is 327 g/mol. The molecule has 0 N–H and O–H groups in total. The average molecular weight is 327 g/mol. The predicted octanol–water partition coefficient (Wildman–Crippen LogP) is -3.72. The Labute approximate surface area is 112 Å². The average Bonchev–Trinajstić information content (AvgIpc) is 1.14. The van der Waals surface area contributed by atoms with E-state index in [9.17, 15) is 28.7 Å². The number of hydrogen-bond donors (Lipinski definition) is 0. The molecule has 0 aliphatic rings. The summed E-state index contributed by atoms with van der Waals surface area (Å²) < 4.78 is 21.2. The van der Waals surface area contributed by atoms with Gasteiger partial charge in [0.2, 0.25) is 0 Å². The topological polar surface area (TPSA) is 136 Å². The largest absolute Gasteiger partial charge is 2.00 e. The van der Waals surface area contributed by atoms with Crippen molar-refractivity contribution >= 4 is 61.1 Å². The van der Waals surface area contributed by atoms with Crippen molar-refractivity contribution in [2.75, 3.05) is 0 Å². The van der Waals surface area contributed by atoms with Gasteiger partial charge in [0.15, 0.2) is 0 Å². The van der Waals surface area contributed by atoms with Crippen molar-refractivity contribution in [2.45, 2.75) is 0 Å². The summed E-state index contributed by atoms with van der Waals surface area (Å²) in [5.41, 5.74) is 0. The molecule has 0 aromatic rings. The van der Waals surface area contributed by atoms with Crippen LogP contribution in [-0.4, -0.2) is 45.5 Å². The fourth-order valence-corrected chi connectivity index (χ4v) is 1.10. The van der Waals surface area contributed by atoms with E-state index >= 15 is 0 Å². The molecule has 0 spiro atoms. The minimum absolute atomic E-state index is 0. The maximum absolute atomic E-state index is 9.32. The fraction of sp³-hybridized carbons (Fsp3) is 0. The monoisotopic (exact) mass is 326 g/mol. The van der Waals surface area contributed by atoms with Gasteiger partial charge in [0, 0.05) is 0 Å². The third-order valence-electron chi connectivity index (χ3n) is 0.200. The Morgan fingerprint density at radius 1 is 0.909 bits per heavy atom. The van der Waals surface area contributed by atoms with Gasteiger partial charge in [-0.15, -0.1) is 0 Å². The predicted molar refractivity (Wildman–Crippen MR) is 22.1 cm³/mol. The van der Waals surface area contributed by atoms with Crippen LogP contribution in [0, 0.1) is 0 Å². The second-order valence-corrected chi connectivity index (χ2v) is 3.42. The Balaban J connectivity index is -0.000000320. The van der Waals surface area contributed by atoms with Crippen LogP contribution in [0.5, 0.6) is 0 Å². The first-order valence-corrected chi connectivity index (χ1v) is 4.38. The van der Waals surface area contributed by atoms with Gasteiger partial charge in [-0.25, -0.2) is 0 Å². The quantitative estimate of drug-likeness (QED) is 0.376. The van der Waals surface area contributed by atoms with Gasteiger partial charge in [-0.1, -0.05) is 0 Å². The van der Waals surface area contributed by atoms with Crippen LogP contribution in [0.4, 0.5) is 0 Å². The van der Waals surface area contributed by atoms with Crippen molar-refractivity contribution in [3.63, 3.8) is 0 Å². The van der Waals surface area contributed by atoms with Crippen LogP contribution in [0.2, 0.25) is 0 Å². The molecule has 0 fully saturated rings. The van der Waals surface area contributed by atoms with E-state index in [1.165, 1.54) is 0 Å². The number of phosphoric acid groups is 2. The summed E-state index contributed by atoms with van der Waals surface area (Å²) in [4.78, 5) is 37.3. The number of rotatable bonds is 2. The molecule has 0 aliphatic carbocycles. The van der Waals surface area contributed by atoms with Crippen molar-refractivity contribution in [1.29, 1.82) is 0 Å². The molecule has 56 valence electrons. The number of hydrogen-bond acceptors (Lipinski definition) is 7. The molecule has 0 aliphatic heterocycles. The van der Waals surface area contributed by atoms with Crippen LogP contribution in [0.15, 0.2) is 0 Å². The molecule has 0 aromatic carbocycles. The molecule has 0 radical (unpaired) electrons. The van der Waals surface area contributed by atoms with E-state index in [-0.39, 0.29) is 65.0 Å². The third kappa shape index (κ3) is 19.0. The van der Waals surface area contributed by atoms with Gasteiger partial charge in [-0.3, -0.25) is 0 Å². The second-order valence-electron chi connectivity index (χ2n) is 0.976. The first kappa shape index (κ1) is 19.0. The first-order valence-electron chi connectivity index (χ1n) is 1.46. The van der Waals surface area contributed by atoms with Crippen LogP contribution in [-0.2, 0) is 32.9 Å². The Kier molecular flexibility index (Phi) is 11.7. The van der Waals surface area contributed by atoms with Gasteiger partial charge < -0.3 is 33.0 Å². The van der Waals surface area contributed by atoms with E-state index in [1.807, 2.05) is 0 Å². The van der Waals surface area contributed by atoms with E-state index in [0.29, 0.717) is 0 Å². The van der Waals surface area contributed by atoms with Gasteiger partial charge in [0.05, 0.1) is 15.6 Å². The van der Waals surface area contributed by atoms with Crippen LogP contribution < -0.4 is 19.6 Å². The maximum Gasteiger partial charge on any atom is 2.00 e. The first-order chi connectivity index (χ1) is 3.71. The maximum atomic E-state index is 9.32. The molecule has 0 saturated carbocycles. The van der Waals surface area contributed by atoms with Gasteiger partial charge in [-0.2, -0.15) is 0 Å².